The number of pyridine rings is 1. The van der Waals surface area contributed by atoms with Crippen LogP contribution in [0.3, 0.4) is 0 Å². The van der Waals surface area contributed by atoms with Crippen LogP contribution in [0.5, 0.6) is 5.88 Å². The Morgan fingerprint density at radius 2 is 1.90 bits per heavy atom. The number of methoxy groups -OCH3 is 1. The van der Waals surface area contributed by atoms with E-state index in [1.54, 1.807) is 10.6 Å². The maximum Gasteiger partial charge on any atom is 0.433 e. The van der Waals surface area contributed by atoms with Crippen molar-refractivity contribution in [1.29, 1.82) is 0 Å². The summed E-state index contributed by atoms with van der Waals surface area (Å²) >= 11 is 0. The van der Waals surface area contributed by atoms with Gasteiger partial charge >= 0.3 is 6.18 Å². The highest BCUT2D eigenvalue weighted by Crippen LogP contribution is 2.29. The zero-order valence-corrected chi connectivity index (χ0v) is 10.8. The molecule has 0 aliphatic rings. The largest absolute Gasteiger partial charge is 0.478 e. The summed E-state index contributed by atoms with van der Waals surface area (Å²) in [6.07, 6.45) is 1.42. The number of imidazole rings is 1. The molecule has 0 amide bonds. The maximum absolute atomic E-state index is 12.5. The van der Waals surface area contributed by atoms with Crippen LogP contribution in [0.4, 0.5) is 13.2 Å². The molecule has 0 fully saturated rings. The number of alkyl halides is 3. The van der Waals surface area contributed by atoms with Gasteiger partial charge in [0.05, 0.1) is 19.0 Å². The molecule has 0 atom stereocenters. The topological polar surface area (TPSA) is 52.3 Å². The molecule has 0 spiro atoms. The van der Waals surface area contributed by atoms with E-state index in [1.807, 2.05) is 0 Å². The molecule has 0 aliphatic carbocycles. The molecule has 0 saturated carbocycles. The van der Waals surface area contributed by atoms with Crippen molar-refractivity contribution in [1.82, 2.24) is 19.4 Å². The number of hydrogen-bond donors (Lipinski definition) is 0. The van der Waals surface area contributed by atoms with Gasteiger partial charge in [0, 0.05) is 24.2 Å². The van der Waals surface area contributed by atoms with Crippen LogP contribution in [0.15, 0.2) is 36.9 Å². The van der Waals surface area contributed by atoms with E-state index < -0.39 is 11.9 Å². The molecule has 0 aliphatic heterocycles. The van der Waals surface area contributed by atoms with Crippen LogP contribution >= 0.6 is 0 Å². The number of nitrogens with zero attached hydrogens (tertiary/aromatic N) is 4. The Hall–Kier alpha value is -2.64. The number of aromatic nitrogens is 4. The molecular weight excluding hydrogens is 285 g/mol. The summed E-state index contributed by atoms with van der Waals surface area (Å²) in [5, 5.41) is 0. The minimum Gasteiger partial charge on any atom is -0.478 e. The molecule has 21 heavy (non-hydrogen) atoms. The van der Waals surface area contributed by atoms with E-state index in [0.717, 1.165) is 6.07 Å². The van der Waals surface area contributed by atoms with Gasteiger partial charge in [-0.05, 0) is 12.1 Å². The summed E-state index contributed by atoms with van der Waals surface area (Å²) in [7, 11) is 1.47. The van der Waals surface area contributed by atoms with Crippen molar-refractivity contribution in [2.75, 3.05) is 7.11 Å². The minimum absolute atomic E-state index is 0.337. The summed E-state index contributed by atoms with van der Waals surface area (Å²) in [6, 6.07) is 2.29. The van der Waals surface area contributed by atoms with Crippen LogP contribution in [0.25, 0.3) is 16.9 Å². The normalized spacial score (nSPS) is 11.8. The fourth-order valence-electron chi connectivity index (χ4n) is 1.97. The van der Waals surface area contributed by atoms with Gasteiger partial charge in [-0.3, -0.25) is 9.38 Å². The first-order valence-electron chi connectivity index (χ1n) is 5.90. The lowest BCUT2D eigenvalue weighted by Gasteiger charge is -2.07. The molecule has 5 nitrogen and oxygen atoms in total. The van der Waals surface area contributed by atoms with Crippen molar-refractivity contribution in [3.63, 3.8) is 0 Å². The third-order valence-electron chi connectivity index (χ3n) is 2.94. The van der Waals surface area contributed by atoms with Crippen molar-refractivity contribution in [2.24, 2.45) is 0 Å². The zero-order chi connectivity index (χ0) is 15.0. The highest BCUT2D eigenvalue weighted by molar-refractivity contribution is 5.65. The Morgan fingerprint density at radius 1 is 1.10 bits per heavy atom. The third-order valence-corrected chi connectivity index (χ3v) is 2.94. The second-order valence-electron chi connectivity index (χ2n) is 4.20. The van der Waals surface area contributed by atoms with Crippen molar-refractivity contribution in [3.05, 3.63) is 42.6 Å². The summed E-state index contributed by atoms with van der Waals surface area (Å²) in [5.74, 6) is 0.337. The highest BCUT2D eigenvalue weighted by atomic mass is 19.4. The standard InChI is InChI=1S/C13H9F3N4O/c1-21-12-11-19-7-9(20(11)5-4-17-12)8-2-3-10(18-6-8)13(14,15)16/h2-7H,1H3. The molecule has 108 valence electrons. The van der Waals surface area contributed by atoms with Gasteiger partial charge in [-0.15, -0.1) is 0 Å². The van der Waals surface area contributed by atoms with Gasteiger partial charge < -0.3 is 4.74 Å². The molecule has 3 rings (SSSR count). The monoisotopic (exact) mass is 294 g/mol. The summed E-state index contributed by atoms with van der Waals surface area (Å²) in [4.78, 5) is 11.6. The Kier molecular flexibility index (Phi) is 3.00. The lowest BCUT2D eigenvalue weighted by atomic mass is 10.2. The lowest BCUT2D eigenvalue weighted by molar-refractivity contribution is -0.141. The minimum atomic E-state index is -4.45. The highest BCUT2D eigenvalue weighted by Gasteiger charge is 2.32. The summed E-state index contributed by atoms with van der Waals surface area (Å²) < 4.78 is 44.3. The van der Waals surface area contributed by atoms with Gasteiger partial charge in [0.25, 0.3) is 5.88 Å². The van der Waals surface area contributed by atoms with E-state index in [1.165, 1.54) is 31.8 Å². The Labute approximate surface area is 117 Å². The van der Waals surface area contributed by atoms with E-state index in [9.17, 15) is 13.2 Å². The SMILES string of the molecule is COc1nccn2c(-c3ccc(C(F)(F)F)nc3)cnc12. The molecule has 0 aromatic carbocycles. The van der Waals surface area contributed by atoms with Crippen LogP contribution in [-0.2, 0) is 6.18 Å². The molecule has 8 heteroatoms. The van der Waals surface area contributed by atoms with Gasteiger partial charge in [0.15, 0.2) is 0 Å². The van der Waals surface area contributed by atoms with Crippen molar-refractivity contribution >= 4 is 5.65 Å². The molecule has 3 aromatic heterocycles. The molecule has 0 radical (unpaired) electrons. The first kappa shape index (κ1) is 13.3. The number of fused-ring (bicyclic) bond motifs is 1. The second kappa shape index (κ2) is 4.72. The zero-order valence-electron chi connectivity index (χ0n) is 10.8. The number of halogens is 3. The van der Waals surface area contributed by atoms with E-state index in [0.29, 0.717) is 22.8 Å². The van der Waals surface area contributed by atoms with E-state index in [4.69, 9.17) is 4.74 Å². The smallest absolute Gasteiger partial charge is 0.433 e. The number of hydrogen-bond acceptors (Lipinski definition) is 4. The Bertz CT molecular complexity index is 780. The lowest BCUT2D eigenvalue weighted by Crippen LogP contribution is -2.07. The predicted octanol–water partition coefficient (Wildman–Crippen LogP) is 2.82. The van der Waals surface area contributed by atoms with E-state index in [-0.39, 0.29) is 0 Å². The van der Waals surface area contributed by atoms with Crippen LogP contribution < -0.4 is 4.74 Å². The van der Waals surface area contributed by atoms with Gasteiger partial charge in [-0.25, -0.2) is 9.97 Å². The average Bonchev–Trinajstić information content (AvgIpc) is 2.90. The fraction of sp³-hybridized carbons (Fsp3) is 0.154. The Morgan fingerprint density at radius 3 is 2.52 bits per heavy atom. The predicted molar refractivity (Wildman–Crippen MR) is 67.8 cm³/mol. The van der Waals surface area contributed by atoms with Crippen molar-refractivity contribution in [2.45, 2.75) is 6.18 Å². The molecule has 0 bridgehead atoms. The van der Waals surface area contributed by atoms with Crippen molar-refractivity contribution in [3.8, 4) is 17.1 Å². The quantitative estimate of drug-likeness (QED) is 0.729. The second-order valence-corrected chi connectivity index (χ2v) is 4.20. The number of rotatable bonds is 2. The van der Waals surface area contributed by atoms with E-state index in [2.05, 4.69) is 15.0 Å². The van der Waals surface area contributed by atoms with Gasteiger partial charge in [-0.2, -0.15) is 13.2 Å². The fourth-order valence-corrected chi connectivity index (χ4v) is 1.97. The first-order valence-corrected chi connectivity index (χ1v) is 5.90. The molecule has 3 aromatic rings. The number of ether oxygens (including phenoxy) is 1. The third kappa shape index (κ3) is 2.28. The van der Waals surface area contributed by atoms with E-state index >= 15 is 0 Å². The van der Waals surface area contributed by atoms with Gasteiger partial charge in [0.1, 0.15) is 5.69 Å². The van der Waals surface area contributed by atoms with Crippen LogP contribution in [0.1, 0.15) is 5.69 Å². The summed E-state index contributed by atoms with van der Waals surface area (Å²) in [5.41, 5.74) is 0.671. The average molecular weight is 294 g/mol. The summed E-state index contributed by atoms with van der Waals surface area (Å²) in [6.45, 7) is 0. The first-order chi connectivity index (χ1) is 10.0. The molecule has 0 saturated heterocycles. The van der Waals surface area contributed by atoms with Crippen LogP contribution in [0.2, 0.25) is 0 Å². The van der Waals surface area contributed by atoms with Crippen LogP contribution in [-0.4, -0.2) is 26.5 Å². The van der Waals surface area contributed by atoms with Crippen LogP contribution in [0, 0.1) is 0 Å². The molecule has 3 heterocycles. The molecule has 0 N–H and O–H groups in total. The molecular formula is C13H9F3N4O. The Balaban J connectivity index is 2.09. The van der Waals surface area contributed by atoms with Gasteiger partial charge in [0.2, 0.25) is 5.65 Å². The van der Waals surface area contributed by atoms with Crippen molar-refractivity contribution < 1.29 is 17.9 Å². The molecule has 0 unspecified atom stereocenters. The van der Waals surface area contributed by atoms with Gasteiger partial charge in [-0.1, -0.05) is 0 Å². The maximum atomic E-state index is 12.5.